The Bertz CT molecular complexity index is 435. The maximum atomic E-state index is 11.6. The number of ether oxygens (including phenoxy) is 1. The minimum absolute atomic E-state index is 0.238. The summed E-state index contributed by atoms with van der Waals surface area (Å²) in [5, 5.41) is 6.27. The van der Waals surface area contributed by atoms with Crippen molar-refractivity contribution >= 4 is 6.09 Å². The molecule has 21 heavy (non-hydrogen) atoms. The molecule has 1 aromatic rings. The van der Waals surface area contributed by atoms with Crippen LogP contribution in [0, 0.1) is 0 Å². The van der Waals surface area contributed by atoms with Crippen LogP contribution in [-0.4, -0.2) is 28.8 Å². The Morgan fingerprint density at radius 2 is 2.10 bits per heavy atom. The highest BCUT2D eigenvalue weighted by Crippen LogP contribution is 2.06. The number of aryl methyl sites for hydroxylation is 1. The van der Waals surface area contributed by atoms with Gasteiger partial charge in [0.1, 0.15) is 5.60 Å². The highest BCUT2D eigenvalue weighted by Gasteiger charge is 2.16. The lowest BCUT2D eigenvalue weighted by Gasteiger charge is -2.22. The number of rotatable bonds is 7. The fraction of sp³-hybridized carbons (Fsp3) is 0.688. The molecule has 0 fully saturated rings. The zero-order valence-electron chi connectivity index (χ0n) is 13.9. The van der Waals surface area contributed by atoms with Gasteiger partial charge in [-0.25, -0.2) is 4.79 Å². The molecule has 1 rings (SSSR count). The molecule has 5 heteroatoms. The van der Waals surface area contributed by atoms with E-state index in [9.17, 15) is 4.79 Å². The van der Waals surface area contributed by atoms with Gasteiger partial charge in [0.15, 0.2) is 0 Å². The first-order chi connectivity index (χ1) is 9.84. The lowest BCUT2D eigenvalue weighted by molar-refractivity contribution is 0.0522. The zero-order valence-corrected chi connectivity index (χ0v) is 13.9. The van der Waals surface area contributed by atoms with Gasteiger partial charge in [-0.05, 0) is 45.7 Å². The maximum absolute atomic E-state index is 11.6. The molecule has 1 unspecified atom stereocenters. The van der Waals surface area contributed by atoms with E-state index in [0.29, 0.717) is 6.54 Å². The van der Waals surface area contributed by atoms with Crippen LogP contribution in [0.4, 0.5) is 4.79 Å². The Morgan fingerprint density at radius 1 is 1.38 bits per heavy atom. The molecule has 0 aliphatic heterocycles. The van der Waals surface area contributed by atoms with E-state index in [1.54, 1.807) is 0 Å². The van der Waals surface area contributed by atoms with Gasteiger partial charge in [-0.1, -0.05) is 6.92 Å². The molecule has 1 atom stereocenters. The number of nitrogens with zero attached hydrogens (tertiary/aromatic N) is 1. The van der Waals surface area contributed by atoms with Gasteiger partial charge in [-0.3, -0.25) is 0 Å². The van der Waals surface area contributed by atoms with Crippen molar-refractivity contribution in [2.24, 2.45) is 0 Å². The summed E-state index contributed by atoms with van der Waals surface area (Å²) in [5.41, 5.74) is 0.801. The van der Waals surface area contributed by atoms with E-state index in [-0.39, 0.29) is 12.1 Å². The van der Waals surface area contributed by atoms with Crippen molar-refractivity contribution in [2.75, 3.05) is 6.54 Å². The van der Waals surface area contributed by atoms with Gasteiger partial charge in [0.25, 0.3) is 0 Å². The highest BCUT2D eigenvalue weighted by atomic mass is 16.6. The zero-order chi connectivity index (χ0) is 15.9. The summed E-state index contributed by atoms with van der Waals surface area (Å²) in [6.07, 6.45) is 4.81. The van der Waals surface area contributed by atoms with Gasteiger partial charge < -0.3 is 19.9 Å². The lowest BCUT2D eigenvalue weighted by atomic mass is 10.2. The van der Waals surface area contributed by atoms with Crippen LogP contribution in [-0.2, 0) is 17.8 Å². The predicted octanol–water partition coefficient (Wildman–Crippen LogP) is 2.90. The first kappa shape index (κ1) is 17.6. The monoisotopic (exact) mass is 295 g/mol. The quantitative estimate of drug-likeness (QED) is 0.813. The summed E-state index contributed by atoms with van der Waals surface area (Å²) in [6.45, 7) is 12.2. The smallest absolute Gasteiger partial charge is 0.407 e. The molecule has 0 saturated carbocycles. The van der Waals surface area contributed by atoms with Gasteiger partial charge in [-0.2, -0.15) is 0 Å². The molecule has 0 aliphatic rings. The predicted molar refractivity (Wildman–Crippen MR) is 85.3 cm³/mol. The van der Waals surface area contributed by atoms with Crippen LogP contribution in [0.2, 0.25) is 0 Å². The standard InChI is InChI=1S/C16H29N3O2/c1-6-14(11-18-15(20)21-16(3,4)5)17-10-13-8-9-19(7-2)12-13/h8-9,12,14,17H,6-7,10-11H2,1-5H3,(H,18,20). The van der Waals surface area contributed by atoms with Gasteiger partial charge in [0, 0.05) is 38.1 Å². The van der Waals surface area contributed by atoms with Crippen molar-refractivity contribution in [2.45, 2.75) is 65.8 Å². The van der Waals surface area contributed by atoms with Crippen molar-refractivity contribution in [1.82, 2.24) is 15.2 Å². The Morgan fingerprint density at radius 3 is 2.62 bits per heavy atom. The number of carbonyl (C=O) groups excluding carboxylic acids is 1. The van der Waals surface area contributed by atoms with Crippen molar-refractivity contribution < 1.29 is 9.53 Å². The summed E-state index contributed by atoms with van der Waals surface area (Å²) in [6, 6.07) is 2.35. The summed E-state index contributed by atoms with van der Waals surface area (Å²) in [7, 11) is 0. The Labute approximate surface area is 128 Å². The first-order valence-electron chi connectivity index (χ1n) is 7.69. The molecule has 1 aromatic heterocycles. The van der Waals surface area contributed by atoms with Gasteiger partial charge >= 0.3 is 6.09 Å². The summed E-state index contributed by atoms with van der Waals surface area (Å²) >= 11 is 0. The van der Waals surface area contributed by atoms with Gasteiger partial charge in [0.2, 0.25) is 0 Å². The number of hydrogen-bond acceptors (Lipinski definition) is 3. The molecular weight excluding hydrogens is 266 g/mol. The molecule has 5 nitrogen and oxygen atoms in total. The van der Waals surface area contributed by atoms with Crippen LogP contribution in [0.5, 0.6) is 0 Å². The Balaban J connectivity index is 2.33. The molecule has 1 heterocycles. The van der Waals surface area contributed by atoms with Crippen LogP contribution in [0.1, 0.15) is 46.6 Å². The molecular formula is C16H29N3O2. The number of amides is 1. The van der Waals surface area contributed by atoms with Crippen LogP contribution in [0.15, 0.2) is 18.5 Å². The number of hydrogen-bond donors (Lipinski definition) is 2. The number of aromatic nitrogens is 1. The topological polar surface area (TPSA) is 55.3 Å². The van der Waals surface area contributed by atoms with Crippen LogP contribution in [0.25, 0.3) is 0 Å². The van der Waals surface area contributed by atoms with Gasteiger partial charge in [-0.15, -0.1) is 0 Å². The van der Waals surface area contributed by atoms with Crippen molar-refractivity contribution in [1.29, 1.82) is 0 Å². The second-order valence-corrected chi connectivity index (χ2v) is 6.22. The third-order valence-electron chi connectivity index (χ3n) is 3.16. The minimum Gasteiger partial charge on any atom is -0.444 e. The Hall–Kier alpha value is -1.49. The van der Waals surface area contributed by atoms with E-state index in [1.165, 1.54) is 5.56 Å². The molecule has 0 radical (unpaired) electrons. The molecule has 0 saturated heterocycles. The van der Waals surface area contributed by atoms with E-state index in [1.807, 2.05) is 20.8 Å². The summed E-state index contributed by atoms with van der Waals surface area (Å²) in [4.78, 5) is 11.6. The molecule has 0 aliphatic carbocycles. The average molecular weight is 295 g/mol. The molecule has 0 bridgehead atoms. The summed E-state index contributed by atoms with van der Waals surface area (Å²) < 4.78 is 7.38. The molecule has 2 N–H and O–H groups in total. The van der Waals surface area contributed by atoms with Crippen LogP contribution in [0.3, 0.4) is 0 Å². The second-order valence-electron chi connectivity index (χ2n) is 6.22. The first-order valence-corrected chi connectivity index (χ1v) is 7.69. The maximum Gasteiger partial charge on any atom is 0.407 e. The van der Waals surface area contributed by atoms with Crippen LogP contribution >= 0.6 is 0 Å². The second kappa shape index (κ2) is 8.08. The number of carbonyl (C=O) groups is 1. The third-order valence-corrected chi connectivity index (χ3v) is 3.16. The SMILES string of the molecule is CCC(CNC(=O)OC(C)(C)C)NCc1ccn(CC)c1. The van der Waals surface area contributed by atoms with E-state index in [4.69, 9.17) is 4.74 Å². The normalized spacial score (nSPS) is 13.0. The minimum atomic E-state index is -0.456. The van der Waals surface area contributed by atoms with Crippen molar-refractivity contribution in [3.05, 3.63) is 24.0 Å². The van der Waals surface area contributed by atoms with Gasteiger partial charge in [0.05, 0.1) is 0 Å². The molecule has 1 amide bonds. The number of alkyl carbamates (subject to hydrolysis) is 1. The Kier molecular flexibility index (Phi) is 6.75. The molecule has 0 spiro atoms. The van der Waals surface area contributed by atoms with Crippen molar-refractivity contribution in [3.8, 4) is 0 Å². The average Bonchev–Trinajstić information content (AvgIpc) is 2.85. The van der Waals surface area contributed by atoms with E-state index in [0.717, 1.165) is 19.5 Å². The van der Waals surface area contributed by atoms with Crippen LogP contribution < -0.4 is 10.6 Å². The van der Waals surface area contributed by atoms with E-state index >= 15 is 0 Å². The van der Waals surface area contributed by atoms with E-state index < -0.39 is 5.60 Å². The van der Waals surface area contributed by atoms with E-state index in [2.05, 4.69) is 47.5 Å². The van der Waals surface area contributed by atoms with Crippen molar-refractivity contribution in [3.63, 3.8) is 0 Å². The lowest BCUT2D eigenvalue weighted by Crippen LogP contribution is -2.42. The molecule has 0 aromatic carbocycles. The third kappa shape index (κ3) is 7.18. The fourth-order valence-electron chi connectivity index (χ4n) is 1.94. The number of nitrogens with one attached hydrogen (secondary N) is 2. The fourth-order valence-corrected chi connectivity index (χ4v) is 1.94. The molecule has 120 valence electrons. The largest absolute Gasteiger partial charge is 0.444 e. The highest BCUT2D eigenvalue weighted by molar-refractivity contribution is 5.67. The summed E-state index contributed by atoms with van der Waals surface area (Å²) in [5.74, 6) is 0.